The number of carbonyl (C=O) groups excluding carboxylic acids is 1. The van der Waals surface area contributed by atoms with Gasteiger partial charge in [-0.3, -0.25) is 9.52 Å². The largest absolute Gasteiger partial charge is 0.383 e. The van der Waals surface area contributed by atoms with E-state index in [1.807, 2.05) is 42.5 Å². The predicted molar refractivity (Wildman–Crippen MR) is 128 cm³/mol. The number of benzene rings is 4. The molecular formula is C25H21F2N3O3S. The number of amides is 1. The molecular weight excluding hydrogens is 460 g/mol. The van der Waals surface area contributed by atoms with E-state index in [0.29, 0.717) is 12.6 Å². The first-order valence-electron chi connectivity index (χ1n) is 10.4. The molecule has 0 heterocycles. The van der Waals surface area contributed by atoms with E-state index in [9.17, 15) is 22.0 Å². The summed E-state index contributed by atoms with van der Waals surface area (Å²) < 4.78 is 54.2. The molecule has 9 heteroatoms. The molecule has 0 atom stereocenters. The van der Waals surface area contributed by atoms with Gasteiger partial charge in [0.05, 0.1) is 16.1 Å². The summed E-state index contributed by atoms with van der Waals surface area (Å²) in [6.07, 6.45) is 0. The second kappa shape index (κ2) is 9.88. The fraction of sp³-hybridized carbons (Fsp3) is 0.0800. The van der Waals surface area contributed by atoms with Crippen molar-refractivity contribution in [1.82, 2.24) is 5.32 Å². The van der Waals surface area contributed by atoms with E-state index in [1.54, 1.807) is 12.1 Å². The van der Waals surface area contributed by atoms with Gasteiger partial charge in [-0.15, -0.1) is 0 Å². The third kappa shape index (κ3) is 5.15. The maximum absolute atomic E-state index is 13.5. The number of hydrogen-bond donors (Lipinski definition) is 3. The molecule has 0 aliphatic carbocycles. The minimum Gasteiger partial charge on any atom is -0.383 e. The molecule has 4 aromatic rings. The molecule has 0 saturated carbocycles. The predicted octanol–water partition coefficient (Wildman–Crippen LogP) is 4.76. The Labute approximate surface area is 195 Å². The lowest BCUT2D eigenvalue weighted by Gasteiger charge is -2.14. The molecule has 0 spiro atoms. The van der Waals surface area contributed by atoms with Gasteiger partial charge in [-0.25, -0.2) is 17.2 Å². The fourth-order valence-corrected chi connectivity index (χ4v) is 4.56. The van der Waals surface area contributed by atoms with Crippen molar-refractivity contribution in [2.45, 2.75) is 4.90 Å². The Morgan fingerprint density at radius 3 is 2.29 bits per heavy atom. The Morgan fingerprint density at radius 1 is 0.765 bits per heavy atom. The molecule has 6 nitrogen and oxygen atoms in total. The van der Waals surface area contributed by atoms with Crippen molar-refractivity contribution in [2.24, 2.45) is 0 Å². The van der Waals surface area contributed by atoms with Crippen LogP contribution in [0.5, 0.6) is 0 Å². The standard InChI is InChI=1S/C25H21F2N3O3S/c26-21-13-12-18(16-22(21)27)34(32,33)30-24-10-4-3-9-20(24)25(31)29-15-14-28-23-11-5-7-17-6-1-2-8-19(17)23/h1-13,16,28,30H,14-15H2,(H,29,31). The lowest BCUT2D eigenvalue weighted by Crippen LogP contribution is -2.29. The highest BCUT2D eigenvalue weighted by Crippen LogP contribution is 2.23. The van der Waals surface area contributed by atoms with Crippen LogP contribution < -0.4 is 15.4 Å². The van der Waals surface area contributed by atoms with Crippen molar-refractivity contribution in [3.8, 4) is 0 Å². The lowest BCUT2D eigenvalue weighted by molar-refractivity contribution is 0.0956. The average Bonchev–Trinajstić information content (AvgIpc) is 2.83. The van der Waals surface area contributed by atoms with Crippen LogP contribution in [0, 0.1) is 11.6 Å². The Bertz CT molecular complexity index is 1450. The number of rotatable bonds is 8. The van der Waals surface area contributed by atoms with E-state index in [0.717, 1.165) is 28.6 Å². The first-order chi connectivity index (χ1) is 16.3. The highest BCUT2D eigenvalue weighted by molar-refractivity contribution is 7.92. The van der Waals surface area contributed by atoms with Gasteiger partial charge in [-0.2, -0.15) is 0 Å². The fourth-order valence-electron chi connectivity index (χ4n) is 3.47. The molecule has 0 fully saturated rings. The minimum absolute atomic E-state index is 0.0201. The summed E-state index contributed by atoms with van der Waals surface area (Å²) in [6, 6.07) is 22.1. The molecule has 0 aliphatic rings. The van der Waals surface area contributed by atoms with E-state index in [-0.39, 0.29) is 17.8 Å². The molecule has 3 N–H and O–H groups in total. The highest BCUT2D eigenvalue weighted by atomic mass is 32.2. The van der Waals surface area contributed by atoms with Crippen LogP contribution in [0.2, 0.25) is 0 Å². The number of anilines is 2. The summed E-state index contributed by atoms with van der Waals surface area (Å²) in [7, 11) is -4.24. The summed E-state index contributed by atoms with van der Waals surface area (Å²) in [5.74, 6) is -2.92. The van der Waals surface area contributed by atoms with Gasteiger partial charge in [0.25, 0.3) is 15.9 Å². The molecule has 1 amide bonds. The zero-order valence-electron chi connectivity index (χ0n) is 17.9. The van der Waals surface area contributed by atoms with Crippen molar-refractivity contribution >= 4 is 38.1 Å². The van der Waals surface area contributed by atoms with Crippen molar-refractivity contribution in [3.63, 3.8) is 0 Å². The zero-order valence-corrected chi connectivity index (χ0v) is 18.7. The topological polar surface area (TPSA) is 87.3 Å². The Morgan fingerprint density at radius 2 is 1.47 bits per heavy atom. The molecule has 0 saturated heterocycles. The molecule has 4 aromatic carbocycles. The first-order valence-corrected chi connectivity index (χ1v) is 11.9. The number of hydrogen-bond acceptors (Lipinski definition) is 4. The number of halogens is 2. The number of sulfonamides is 1. The first kappa shape index (κ1) is 23.2. The second-order valence-corrected chi connectivity index (χ2v) is 9.12. The SMILES string of the molecule is O=C(NCCNc1cccc2ccccc12)c1ccccc1NS(=O)(=O)c1ccc(F)c(F)c1. The Kier molecular flexibility index (Phi) is 6.74. The quantitative estimate of drug-likeness (QED) is 0.317. The van der Waals surface area contributed by atoms with Gasteiger partial charge in [0, 0.05) is 24.2 Å². The maximum atomic E-state index is 13.5. The molecule has 0 aliphatic heterocycles. The van der Waals surface area contributed by atoms with E-state index >= 15 is 0 Å². The molecule has 4 rings (SSSR count). The molecule has 0 radical (unpaired) electrons. The van der Waals surface area contributed by atoms with Gasteiger partial charge < -0.3 is 10.6 Å². The van der Waals surface area contributed by atoms with E-state index in [1.165, 1.54) is 12.1 Å². The second-order valence-electron chi connectivity index (χ2n) is 7.44. The zero-order chi connectivity index (χ0) is 24.1. The third-order valence-electron chi connectivity index (χ3n) is 5.13. The summed E-state index contributed by atoms with van der Waals surface area (Å²) in [4.78, 5) is 12.3. The summed E-state index contributed by atoms with van der Waals surface area (Å²) in [6.45, 7) is 0.731. The summed E-state index contributed by atoms with van der Waals surface area (Å²) >= 11 is 0. The van der Waals surface area contributed by atoms with Crippen LogP contribution in [0.4, 0.5) is 20.2 Å². The van der Waals surface area contributed by atoms with Gasteiger partial charge in [0.2, 0.25) is 0 Å². The third-order valence-corrected chi connectivity index (χ3v) is 6.50. The van der Waals surface area contributed by atoms with Crippen LogP contribution in [0.3, 0.4) is 0 Å². The van der Waals surface area contributed by atoms with Crippen LogP contribution in [-0.2, 0) is 10.0 Å². The molecule has 0 bridgehead atoms. The number of para-hydroxylation sites is 1. The van der Waals surface area contributed by atoms with E-state index in [4.69, 9.17) is 0 Å². The lowest BCUT2D eigenvalue weighted by atomic mass is 10.1. The van der Waals surface area contributed by atoms with Crippen LogP contribution >= 0.6 is 0 Å². The van der Waals surface area contributed by atoms with Crippen molar-refractivity contribution < 1.29 is 22.0 Å². The average molecular weight is 482 g/mol. The summed E-state index contributed by atoms with van der Waals surface area (Å²) in [5, 5.41) is 8.20. The van der Waals surface area contributed by atoms with Crippen molar-refractivity contribution in [1.29, 1.82) is 0 Å². The van der Waals surface area contributed by atoms with Gasteiger partial charge in [-0.1, -0.05) is 48.5 Å². The van der Waals surface area contributed by atoms with Gasteiger partial charge >= 0.3 is 0 Å². The van der Waals surface area contributed by atoms with Crippen LogP contribution in [0.25, 0.3) is 10.8 Å². The Hall–Kier alpha value is -3.98. The number of fused-ring (bicyclic) bond motifs is 1. The number of nitrogens with one attached hydrogen (secondary N) is 3. The monoisotopic (exact) mass is 481 g/mol. The molecule has 34 heavy (non-hydrogen) atoms. The smallest absolute Gasteiger partial charge is 0.262 e. The molecule has 0 unspecified atom stereocenters. The van der Waals surface area contributed by atoms with E-state index in [2.05, 4.69) is 15.4 Å². The van der Waals surface area contributed by atoms with E-state index < -0.39 is 32.5 Å². The Balaban J connectivity index is 1.42. The summed E-state index contributed by atoms with van der Waals surface area (Å²) in [5.41, 5.74) is 1.05. The van der Waals surface area contributed by atoms with Crippen molar-refractivity contribution in [2.75, 3.05) is 23.1 Å². The van der Waals surface area contributed by atoms with Crippen LogP contribution in [0.1, 0.15) is 10.4 Å². The van der Waals surface area contributed by atoms with Gasteiger partial charge in [0.1, 0.15) is 0 Å². The maximum Gasteiger partial charge on any atom is 0.262 e. The molecule has 0 aromatic heterocycles. The van der Waals surface area contributed by atoms with Crippen LogP contribution in [-0.4, -0.2) is 27.4 Å². The molecule has 174 valence electrons. The minimum atomic E-state index is -4.24. The van der Waals surface area contributed by atoms with Crippen LogP contribution in [0.15, 0.2) is 89.8 Å². The van der Waals surface area contributed by atoms with Crippen molar-refractivity contribution in [3.05, 3.63) is 102 Å². The number of carbonyl (C=O) groups is 1. The van der Waals surface area contributed by atoms with Gasteiger partial charge in [-0.05, 0) is 41.8 Å². The highest BCUT2D eigenvalue weighted by Gasteiger charge is 2.20. The normalized spacial score (nSPS) is 11.2. The van der Waals surface area contributed by atoms with Gasteiger partial charge in [0.15, 0.2) is 11.6 Å².